The summed E-state index contributed by atoms with van der Waals surface area (Å²) in [5.41, 5.74) is 7.15. The van der Waals surface area contributed by atoms with Crippen LogP contribution in [0.25, 0.3) is 0 Å². The molecule has 0 spiro atoms. The third kappa shape index (κ3) is 4.28. The molecule has 0 bridgehead atoms. The molecule has 0 radical (unpaired) electrons. The smallest absolute Gasteiger partial charge is 0.191 e. The molecule has 1 rings (SSSR count). The summed E-state index contributed by atoms with van der Waals surface area (Å²) in [6.45, 7) is 6.67. The van der Waals surface area contributed by atoms with Gasteiger partial charge in [0, 0.05) is 19.6 Å². The molecule has 100 valence electrons. The second-order valence-corrected chi connectivity index (χ2v) is 4.01. The number of ether oxygens (including phenoxy) is 1. The Morgan fingerprint density at radius 3 is 2.33 bits per heavy atom. The Kier molecular flexibility index (Phi) is 6.05. The topological polar surface area (TPSA) is 50.8 Å². The van der Waals surface area contributed by atoms with Crippen LogP contribution in [0.5, 0.6) is 5.75 Å². The number of methoxy groups -OCH3 is 1. The molecule has 0 unspecified atom stereocenters. The lowest BCUT2D eigenvalue weighted by atomic mass is 10.1. The molecule has 18 heavy (non-hydrogen) atoms. The van der Waals surface area contributed by atoms with Gasteiger partial charge in [0.1, 0.15) is 5.75 Å². The summed E-state index contributed by atoms with van der Waals surface area (Å²) in [6.07, 6.45) is 0.895. The zero-order valence-electron chi connectivity index (χ0n) is 11.5. The zero-order valence-corrected chi connectivity index (χ0v) is 11.5. The molecule has 0 aliphatic rings. The van der Waals surface area contributed by atoms with Crippen LogP contribution < -0.4 is 10.5 Å². The lowest BCUT2D eigenvalue weighted by molar-refractivity contribution is 0.414. The van der Waals surface area contributed by atoms with Crippen molar-refractivity contribution in [3.8, 4) is 5.75 Å². The van der Waals surface area contributed by atoms with E-state index in [1.54, 1.807) is 7.11 Å². The summed E-state index contributed by atoms with van der Waals surface area (Å²) < 4.78 is 5.12. The fraction of sp³-hybridized carbons (Fsp3) is 0.500. The first kappa shape index (κ1) is 14.4. The molecule has 0 amide bonds. The Labute approximate surface area is 109 Å². The Balaban J connectivity index is 2.47. The van der Waals surface area contributed by atoms with E-state index in [4.69, 9.17) is 10.5 Å². The van der Waals surface area contributed by atoms with E-state index in [1.165, 1.54) is 5.56 Å². The fourth-order valence-electron chi connectivity index (χ4n) is 1.74. The van der Waals surface area contributed by atoms with E-state index in [2.05, 4.69) is 31.0 Å². The predicted octanol–water partition coefficient (Wildman–Crippen LogP) is 1.89. The third-order valence-corrected chi connectivity index (χ3v) is 2.92. The number of aliphatic imine (C=N–C) groups is 1. The van der Waals surface area contributed by atoms with Crippen LogP contribution in [0.1, 0.15) is 19.4 Å². The minimum atomic E-state index is 0.633. The molecule has 1 aromatic carbocycles. The molecule has 0 atom stereocenters. The van der Waals surface area contributed by atoms with Crippen molar-refractivity contribution in [2.24, 2.45) is 10.7 Å². The average molecular weight is 249 g/mol. The number of nitrogens with two attached hydrogens (primary N) is 1. The van der Waals surface area contributed by atoms with Crippen LogP contribution in [-0.2, 0) is 6.42 Å². The summed E-state index contributed by atoms with van der Waals surface area (Å²) in [7, 11) is 1.67. The van der Waals surface area contributed by atoms with Crippen molar-refractivity contribution in [3.05, 3.63) is 29.8 Å². The molecule has 0 heterocycles. The molecule has 0 aliphatic carbocycles. The second-order valence-electron chi connectivity index (χ2n) is 4.01. The minimum absolute atomic E-state index is 0.633. The summed E-state index contributed by atoms with van der Waals surface area (Å²) >= 11 is 0. The summed E-state index contributed by atoms with van der Waals surface area (Å²) in [6, 6.07) is 8.05. The van der Waals surface area contributed by atoms with Gasteiger partial charge in [-0.2, -0.15) is 0 Å². The van der Waals surface area contributed by atoms with Crippen molar-refractivity contribution in [1.82, 2.24) is 4.90 Å². The van der Waals surface area contributed by atoms with Gasteiger partial charge in [-0.3, -0.25) is 4.99 Å². The average Bonchev–Trinajstić information content (AvgIpc) is 2.41. The molecule has 0 aromatic heterocycles. The highest BCUT2D eigenvalue weighted by atomic mass is 16.5. The Morgan fingerprint density at radius 1 is 1.22 bits per heavy atom. The first-order valence-corrected chi connectivity index (χ1v) is 6.39. The molecule has 2 N–H and O–H groups in total. The molecular formula is C14H23N3O. The Bertz CT molecular complexity index is 369. The number of guanidine groups is 1. The standard InChI is InChI=1S/C14H23N3O/c1-4-17(5-2)14(15)16-11-10-12-6-8-13(18-3)9-7-12/h6-9H,4-5,10-11H2,1-3H3,(H2,15,16). The van der Waals surface area contributed by atoms with Gasteiger partial charge in [0.05, 0.1) is 7.11 Å². The van der Waals surface area contributed by atoms with Crippen molar-refractivity contribution in [3.63, 3.8) is 0 Å². The van der Waals surface area contributed by atoms with Gasteiger partial charge in [-0.05, 0) is 38.0 Å². The number of nitrogens with zero attached hydrogens (tertiary/aromatic N) is 2. The first-order chi connectivity index (χ1) is 8.71. The van der Waals surface area contributed by atoms with Gasteiger partial charge in [0.2, 0.25) is 0 Å². The maximum Gasteiger partial charge on any atom is 0.191 e. The highest BCUT2D eigenvalue weighted by Gasteiger charge is 2.01. The third-order valence-electron chi connectivity index (χ3n) is 2.92. The van der Waals surface area contributed by atoms with Crippen molar-refractivity contribution in [1.29, 1.82) is 0 Å². The normalized spacial score (nSPS) is 11.4. The van der Waals surface area contributed by atoms with E-state index < -0.39 is 0 Å². The highest BCUT2D eigenvalue weighted by molar-refractivity contribution is 5.77. The maximum absolute atomic E-state index is 5.90. The van der Waals surface area contributed by atoms with E-state index in [0.717, 1.165) is 25.3 Å². The van der Waals surface area contributed by atoms with E-state index in [-0.39, 0.29) is 0 Å². The van der Waals surface area contributed by atoms with Gasteiger partial charge in [-0.25, -0.2) is 0 Å². The second kappa shape index (κ2) is 7.58. The van der Waals surface area contributed by atoms with Crippen molar-refractivity contribution in [2.45, 2.75) is 20.3 Å². The largest absolute Gasteiger partial charge is 0.497 e. The molecule has 1 aromatic rings. The molecule has 0 saturated heterocycles. The van der Waals surface area contributed by atoms with E-state index in [9.17, 15) is 0 Å². The van der Waals surface area contributed by atoms with Crippen LogP contribution in [0.3, 0.4) is 0 Å². The summed E-state index contributed by atoms with van der Waals surface area (Å²) in [5.74, 6) is 1.51. The van der Waals surface area contributed by atoms with Gasteiger partial charge in [0.25, 0.3) is 0 Å². The van der Waals surface area contributed by atoms with Gasteiger partial charge in [-0.1, -0.05) is 12.1 Å². The van der Waals surface area contributed by atoms with Crippen LogP contribution in [-0.4, -0.2) is 37.6 Å². The Morgan fingerprint density at radius 2 is 1.83 bits per heavy atom. The number of hydrogen-bond acceptors (Lipinski definition) is 2. The number of rotatable bonds is 6. The van der Waals surface area contributed by atoms with Gasteiger partial charge in [-0.15, -0.1) is 0 Å². The lowest BCUT2D eigenvalue weighted by Gasteiger charge is -2.19. The van der Waals surface area contributed by atoms with Crippen LogP contribution in [0.2, 0.25) is 0 Å². The van der Waals surface area contributed by atoms with E-state index >= 15 is 0 Å². The van der Waals surface area contributed by atoms with Crippen molar-refractivity contribution >= 4 is 5.96 Å². The highest BCUT2D eigenvalue weighted by Crippen LogP contribution is 2.11. The quantitative estimate of drug-likeness (QED) is 0.619. The molecule has 0 saturated carbocycles. The maximum atomic E-state index is 5.90. The summed E-state index contributed by atoms with van der Waals surface area (Å²) in [4.78, 5) is 6.44. The number of hydrogen-bond donors (Lipinski definition) is 1. The van der Waals surface area contributed by atoms with Crippen LogP contribution >= 0.6 is 0 Å². The van der Waals surface area contributed by atoms with Crippen molar-refractivity contribution < 1.29 is 4.74 Å². The van der Waals surface area contributed by atoms with Gasteiger partial charge >= 0.3 is 0 Å². The molecule has 4 nitrogen and oxygen atoms in total. The predicted molar refractivity (Wildman–Crippen MR) is 76.1 cm³/mol. The number of benzene rings is 1. The van der Waals surface area contributed by atoms with Crippen molar-refractivity contribution in [2.75, 3.05) is 26.7 Å². The zero-order chi connectivity index (χ0) is 13.4. The van der Waals surface area contributed by atoms with Gasteiger partial charge in [0.15, 0.2) is 5.96 Å². The van der Waals surface area contributed by atoms with Crippen LogP contribution in [0, 0.1) is 0 Å². The molecule has 0 fully saturated rings. The van der Waals surface area contributed by atoms with Crippen LogP contribution in [0.4, 0.5) is 0 Å². The minimum Gasteiger partial charge on any atom is -0.497 e. The summed E-state index contributed by atoms with van der Waals surface area (Å²) in [5, 5.41) is 0. The molecule has 4 heteroatoms. The SMILES string of the molecule is CCN(CC)C(N)=NCCc1ccc(OC)cc1. The fourth-order valence-corrected chi connectivity index (χ4v) is 1.74. The molecular weight excluding hydrogens is 226 g/mol. The Hall–Kier alpha value is -1.71. The van der Waals surface area contributed by atoms with E-state index in [0.29, 0.717) is 12.5 Å². The van der Waals surface area contributed by atoms with Crippen LogP contribution in [0.15, 0.2) is 29.3 Å². The molecule has 0 aliphatic heterocycles. The lowest BCUT2D eigenvalue weighted by Crippen LogP contribution is -2.37. The van der Waals surface area contributed by atoms with Gasteiger partial charge < -0.3 is 15.4 Å². The van der Waals surface area contributed by atoms with E-state index in [1.807, 2.05) is 17.0 Å². The first-order valence-electron chi connectivity index (χ1n) is 6.39. The monoisotopic (exact) mass is 249 g/mol.